The Hall–Kier alpha value is -3.29. The van der Waals surface area contributed by atoms with E-state index in [1.165, 1.54) is 11.8 Å². The zero-order chi connectivity index (χ0) is 17.6. The zero-order valence-corrected chi connectivity index (χ0v) is 14.3. The van der Waals surface area contributed by atoms with E-state index in [-0.39, 0.29) is 0 Å². The number of nitriles is 2. The number of imidazole rings is 1. The molecule has 0 fully saturated rings. The first-order valence-corrected chi connectivity index (χ1v) is 8.49. The maximum absolute atomic E-state index is 9.74. The van der Waals surface area contributed by atoms with Crippen molar-refractivity contribution in [2.75, 3.05) is 12.4 Å². The molecule has 6 nitrogen and oxygen atoms in total. The normalized spacial score (nSPS) is 10.0. The lowest BCUT2D eigenvalue weighted by Gasteiger charge is -2.14. The van der Waals surface area contributed by atoms with Crippen molar-refractivity contribution in [2.45, 2.75) is 10.8 Å². The molecule has 7 heteroatoms. The van der Waals surface area contributed by atoms with Crippen LogP contribution in [0.1, 0.15) is 17.0 Å². The molecule has 0 spiro atoms. The number of pyridine rings is 1. The lowest BCUT2D eigenvalue weighted by molar-refractivity contribution is 1.08. The maximum Gasteiger partial charge on any atom is 0.145 e. The molecule has 0 aliphatic heterocycles. The lowest BCUT2D eigenvalue weighted by Crippen LogP contribution is -2.04. The molecule has 122 valence electrons. The number of nitrogens with zero attached hydrogens (tertiary/aromatic N) is 4. The quantitative estimate of drug-likeness (QED) is 0.685. The van der Waals surface area contributed by atoms with Gasteiger partial charge in [0.2, 0.25) is 0 Å². The Morgan fingerprint density at radius 2 is 1.92 bits per heavy atom. The minimum atomic E-state index is 0.368. The Kier molecular flexibility index (Phi) is 4.98. The van der Waals surface area contributed by atoms with Crippen LogP contribution in [0.3, 0.4) is 0 Å². The first-order valence-electron chi connectivity index (χ1n) is 7.51. The van der Waals surface area contributed by atoms with Crippen LogP contribution >= 0.6 is 11.8 Å². The topological polar surface area (TPSA) is 101 Å². The highest BCUT2D eigenvalue weighted by Crippen LogP contribution is 2.36. The number of thioether (sulfide) groups is 1. The number of aromatic amines is 1. The highest BCUT2D eigenvalue weighted by Gasteiger charge is 2.21. The summed E-state index contributed by atoms with van der Waals surface area (Å²) in [5.74, 6) is 1.81. The zero-order valence-electron chi connectivity index (χ0n) is 13.4. The van der Waals surface area contributed by atoms with Crippen molar-refractivity contribution < 1.29 is 0 Å². The van der Waals surface area contributed by atoms with E-state index >= 15 is 0 Å². The average Bonchev–Trinajstić information content (AvgIpc) is 3.19. The molecule has 3 aromatic rings. The second-order valence-electron chi connectivity index (χ2n) is 5.05. The third kappa shape index (κ3) is 3.32. The van der Waals surface area contributed by atoms with Gasteiger partial charge in [0.1, 0.15) is 34.4 Å². The Bertz CT molecular complexity index is 952. The van der Waals surface area contributed by atoms with E-state index in [2.05, 4.69) is 32.4 Å². The van der Waals surface area contributed by atoms with Gasteiger partial charge in [0.25, 0.3) is 0 Å². The number of hydrogen-bond donors (Lipinski definition) is 2. The Morgan fingerprint density at radius 1 is 1.16 bits per heavy atom. The minimum Gasteiger partial charge on any atom is -0.372 e. The molecule has 25 heavy (non-hydrogen) atoms. The highest BCUT2D eigenvalue weighted by atomic mass is 32.2. The van der Waals surface area contributed by atoms with Gasteiger partial charge in [-0.15, -0.1) is 0 Å². The molecule has 1 aromatic carbocycles. The van der Waals surface area contributed by atoms with E-state index in [4.69, 9.17) is 0 Å². The largest absolute Gasteiger partial charge is 0.372 e. The van der Waals surface area contributed by atoms with Gasteiger partial charge in [0, 0.05) is 25.0 Å². The summed E-state index contributed by atoms with van der Waals surface area (Å²) in [5, 5.41) is 22.9. The number of H-pyrrole nitrogens is 1. The maximum atomic E-state index is 9.74. The van der Waals surface area contributed by atoms with Crippen molar-refractivity contribution in [3.05, 3.63) is 59.7 Å². The van der Waals surface area contributed by atoms with E-state index in [0.717, 1.165) is 11.4 Å². The van der Waals surface area contributed by atoms with Crippen molar-refractivity contribution in [3.63, 3.8) is 0 Å². The highest BCUT2D eigenvalue weighted by molar-refractivity contribution is 7.98. The fourth-order valence-electron chi connectivity index (χ4n) is 2.47. The van der Waals surface area contributed by atoms with Crippen molar-refractivity contribution in [2.24, 2.45) is 0 Å². The van der Waals surface area contributed by atoms with Crippen molar-refractivity contribution in [3.8, 4) is 23.3 Å². The van der Waals surface area contributed by atoms with Crippen LogP contribution < -0.4 is 5.32 Å². The fourth-order valence-corrected chi connectivity index (χ4v) is 3.35. The number of benzene rings is 1. The molecular weight excluding hydrogens is 332 g/mol. The number of nitrogens with one attached hydrogen (secondary N) is 2. The molecule has 0 saturated heterocycles. The second kappa shape index (κ2) is 7.52. The predicted octanol–water partition coefficient (Wildman–Crippen LogP) is 3.55. The molecule has 0 atom stereocenters. The van der Waals surface area contributed by atoms with Crippen LogP contribution in [0, 0.1) is 22.7 Å². The van der Waals surface area contributed by atoms with E-state index in [1.807, 2.05) is 30.3 Å². The van der Waals surface area contributed by atoms with Gasteiger partial charge in [0.05, 0.1) is 11.3 Å². The van der Waals surface area contributed by atoms with E-state index in [0.29, 0.717) is 33.3 Å². The molecule has 0 aliphatic rings. The molecule has 2 heterocycles. The summed E-state index contributed by atoms with van der Waals surface area (Å²) in [6, 6.07) is 13.8. The average molecular weight is 346 g/mol. The van der Waals surface area contributed by atoms with Gasteiger partial charge in [-0.3, -0.25) is 0 Å². The summed E-state index contributed by atoms with van der Waals surface area (Å²) in [4.78, 5) is 11.7. The van der Waals surface area contributed by atoms with Gasteiger partial charge >= 0.3 is 0 Å². The van der Waals surface area contributed by atoms with Crippen molar-refractivity contribution in [1.29, 1.82) is 10.5 Å². The standard InChI is InChI=1S/C18H14N6S/c1-21-17-13(9-19)16(12-5-3-2-4-6-12)14(10-20)18(24-17)25-11-15-22-7-8-23-15/h2-8H,11H2,1H3,(H,21,24)(H,22,23). The third-order valence-corrected chi connectivity index (χ3v) is 4.57. The molecule has 0 amide bonds. The van der Waals surface area contributed by atoms with Gasteiger partial charge < -0.3 is 10.3 Å². The van der Waals surface area contributed by atoms with Gasteiger partial charge in [-0.2, -0.15) is 10.5 Å². The van der Waals surface area contributed by atoms with Crippen LogP contribution in [0.25, 0.3) is 11.1 Å². The first-order chi connectivity index (χ1) is 12.3. The number of rotatable bonds is 5. The van der Waals surface area contributed by atoms with Crippen LogP contribution in [0.5, 0.6) is 0 Å². The number of aromatic nitrogens is 3. The number of hydrogen-bond acceptors (Lipinski definition) is 6. The summed E-state index contributed by atoms with van der Waals surface area (Å²) in [7, 11) is 1.71. The Labute approximate surface area is 149 Å². The SMILES string of the molecule is CNc1nc(SCc2ncc[nH]2)c(C#N)c(-c2ccccc2)c1C#N. The molecule has 0 radical (unpaired) electrons. The molecule has 3 rings (SSSR count). The summed E-state index contributed by atoms with van der Waals surface area (Å²) in [5.41, 5.74) is 2.19. The summed E-state index contributed by atoms with van der Waals surface area (Å²) < 4.78 is 0. The second-order valence-corrected chi connectivity index (χ2v) is 6.02. The number of anilines is 1. The van der Waals surface area contributed by atoms with E-state index in [9.17, 15) is 10.5 Å². The molecule has 2 aromatic heterocycles. The smallest absolute Gasteiger partial charge is 0.145 e. The molecular formula is C18H14N6S. The minimum absolute atomic E-state index is 0.368. The molecule has 0 bridgehead atoms. The molecule has 0 saturated carbocycles. The van der Waals surface area contributed by atoms with E-state index < -0.39 is 0 Å². The molecule has 0 unspecified atom stereocenters. The Balaban J connectivity index is 2.16. The van der Waals surface area contributed by atoms with Crippen LogP contribution in [0.15, 0.2) is 47.8 Å². The van der Waals surface area contributed by atoms with Gasteiger partial charge in [-0.25, -0.2) is 9.97 Å². The van der Waals surface area contributed by atoms with Crippen LogP contribution in [-0.4, -0.2) is 22.0 Å². The summed E-state index contributed by atoms with van der Waals surface area (Å²) >= 11 is 1.41. The fraction of sp³-hybridized carbons (Fsp3) is 0.111. The first kappa shape index (κ1) is 16.6. The van der Waals surface area contributed by atoms with Crippen LogP contribution in [0.2, 0.25) is 0 Å². The van der Waals surface area contributed by atoms with Gasteiger partial charge in [0.15, 0.2) is 0 Å². The van der Waals surface area contributed by atoms with Gasteiger partial charge in [-0.1, -0.05) is 42.1 Å². The third-order valence-electron chi connectivity index (χ3n) is 3.59. The lowest BCUT2D eigenvalue weighted by atomic mass is 9.97. The van der Waals surface area contributed by atoms with Crippen LogP contribution in [-0.2, 0) is 5.75 Å². The monoisotopic (exact) mass is 346 g/mol. The summed E-state index contributed by atoms with van der Waals surface area (Å²) in [6.45, 7) is 0. The molecule has 0 aliphatic carbocycles. The Morgan fingerprint density at radius 3 is 2.52 bits per heavy atom. The predicted molar refractivity (Wildman–Crippen MR) is 96.8 cm³/mol. The van der Waals surface area contributed by atoms with E-state index in [1.54, 1.807) is 19.4 Å². The van der Waals surface area contributed by atoms with Crippen LogP contribution in [0.4, 0.5) is 5.82 Å². The summed E-state index contributed by atoms with van der Waals surface area (Å²) in [6.07, 6.45) is 3.43. The van der Waals surface area contributed by atoms with Gasteiger partial charge in [-0.05, 0) is 5.56 Å². The van der Waals surface area contributed by atoms with Crippen molar-refractivity contribution >= 4 is 17.6 Å². The molecule has 2 N–H and O–H groups in total. The van der Waals surface area contributed by atoms with Crippen molar-refractivity contribution in [1.82, 2.24) is 15.0 Å².